The normalized spacial score (nSPS) is 10.2. The van der Waals surface area contributed by atoms with Crippen LogP contribution < -0.4 is 0 Å². The number of nitrogens with one attached hydrogen (secondary N) is 1. The number of halogens is 2. The van der Waals surface area contributed by atoms with E-state index in [0.717, 1.165) is 12.1 Å². The van der Waals surface area contributed by atoms with E-state index in [9.17, 15) is 18.9 Å². The lowest BCUT2D eigenvalue weighted by atomic mass is 10.1. The zero-order chi connectivity index (χ0) is 13.9. The van der Waals surface area contributed by atoms with Gasteiger partial charge in [0.25, 0.3) is 0 Å². The molecule has 0 spiro atoms. The summed E-state index contributed by atoms with van der Waals surface area (Å²) in [5, 5.41) is 18.3. The SMILES string of the molecule is CCN(CC)C(=N)c1c(F)ccc([N+](=O)[O-])c1F. The predicted octanol–water partition coefficient (Wildman–Crippen LogP) is 2.54. The second-order valence-electron chi connectivity index (χ2n) is 3.53. The molecule has 5 nitrogen and oxygen atoms in total. The summed E-state index contributed by atoms with van der Waals surface area (Å²) in [6, 6.07) is 1.55. The third-order valence-electron chi connectivity index (χ3n) is 2.58. The second-order valence-corrected chi connectivity index (χ2v) is 3.53. The van der Waals surface area contributed by atoms with Crippen molar-refractivity contribution in [3.8, 4) is 0 Å². The van der Waals surface area contributed by atoms with E-state index in [2.05, 4.69) is 0 Å². The fourth-order valence-electron chi connectivity index (χ4n) is 1.60. The highest BCUT2D eigenvalue weighted by Gasteiger charge is 2.25. The van der Waals surface area contributed by atoms with Gasteiger partial charge in [0.1, 0.15) is 11.7 Å². The molecule has 1 aromatic carbocycles. The van der Waals surface area contributed by atoms with Gasteiger partial charge in [0.05, 0.1) is 10.5 Å². The molecular weight excluding hydrogens is 244 g/mol. The Balaban J connectivity index is 3.35. The number of benzene rings is 1. The third kappa shape index (κ3) is 2.44. The van der Waals surface area contributed by atoms with Crippen LogP contribution in [-0.4, -0.2) is 28.7 Å². The quantitative estimate of drug-likeness (QED) is 0.390. The molecule has 18 heavy (non-hydrogen) atoms. The van der Waals surface area contributed by atoms with Crippen molar-refractivity contribution >= 4 is 11.5 Å². The van der Waals surface area contributed by atoms with Crippen LogP contribution >= 0.6 is 0 Å². The molecule has 1 rings (SSSR count). The fraction of sp³-hybridized carbons (Fsp3) is 0.364. The van der Waals surface area contributed by atoms with Crippen LogP contribution in [0.3, 0.4) is 0 Å². The van der Waals surface area contributed by atoms with Crippen LogP contribution in [0.15, 0.2) is 12.1 Å². The van der Waals surface area contributed by atoms with Gasteiger partial charge in [-0.1, -0.05) is 0 Å². The first-order valence-corrected chi connectivity index (χ1v) is 5.40. The Morgan fingerprint density at radius 1 is 1.39 bits per heavy atom. The number of nitro benzene ring substituents is 1. The van der Waals surface area contributed by atoms with Crippen LogP contribution in [0.2, 0.25) is 0 Å². The molecule has 0 aliphatic heterocycles. The molecule has 0 saturated heterocycles. The first-order chi connectivity index (χ1) is 8.43. The molecule has 0 atom stereocenters. The minimum Gasteiger partial charge on any atom is -0.357 e. The minimum atomic E-state index is -1.31. The Bertz CT molecular complexity index is 487. The van der Waals surface area contributed by atoms with Crippen LogP contribution in [0.25, 0.3) is 0 Å². The molecule has 0 fully saturated rings. The molecule has 1 aromatic rings. The van der Waals surface area contributed by atoms with Crippen molar-refractivity contribution in [2.24, 2.45) is 0 Å². The molecule has 0 amide bonds. The summed E-state index contributed by atoms with van der Waals surface area (Å²) in [7, 11) is 0. The largest absolute Gasteiger partial charge is 0.357 e. The summed E-state index contributed by atoms with van der Waals surface area (Å²) in [4.78, 5) is 11.0. The van der Waals surface area contributed by atoms with Gasteiger partial charge in [0, 0.05) is 19.2 Å². The Hall–Kier alpha value is -2.05. The molecule has 0 unspecified atom stereocenters. The highest BCUT2D eigenvalue weighted by atomic mass is 19.1. The molecule has 0 radical (unpaired) electrons. The molecule has 98 valence electrons. The molecular formula is C11H13F2N3O2. The van der Waals surface area contributed by atoms with Crippen molar-refractivity contribution in [1.82, 2.24) is 4.90 Å². The lowest BCUT2D eigenvalue weighted by Gasteiger charge is -2.22. The Kier molecular flexibility index (Phi) is 4.30. The number of amidine groups is 1. The number of nitrogens with zero attached hydrogens (tertiary/aromatic N) is 2. The van der Waals surface area contributed by atoms with Gasteiger partial charge in [-0.3, -0.25) is 15.5 Å². The van der Waals surface area contributed by atoms with Crippen LogP contribution in [0.4, 0.5) is 14.5 Å². The summed E-state index contributed by atoms with van der Waals surface area (Å²) < 4.78 is 27.4. The van der Waals surface area contributed by atoms with Crippen molar-refractivity contribution in [2.45, 2.75) is 13.8 Å². The topological polar surface area (TPSA) is 70.2 Å². The van der Waals surface area contributed by atoms with Crippen molar-refractivity contribution in [3.63, 3.8) is 0 Å². The van der Waals surface area contributed by atoms with E-state index in [-0.39, 0.29) is 0 Å². The predicted molar refractivity (Wildman–Crippen MR) is 62.8 cm³/mol. The number of hydrogen-bond donors (Lipinski definition) is 1. The monoisotopic (exact) mass is 257 g/mol. The van der Waals surface area contributed by atoms with E-state index >= 15 is 0 Å². The lowest BCUT2D eigenvalue weighted by Crippen LogP contribution is -2.32. The summed E-state index contributed by atoms with van der Waals surface area (Å²) in [5.74, 6) is -2.68. The zero-order valence-corrected chi connectivity index (χ0v) is 10.0. The molecule has 0 bridgehead atoms. The molecule has 0 aliphatic carbocycles. The van der Waals surface area contributed by atoms with Crippen molar-refractivity contribution in [3.05, 3.63) is 39.4 Å². The van der Waals surface area contributed by atoms with Gasteiger partial charge in [-0.15, -0.1) is 0 Å². The van der Waals surface area contributed by atoms with Gasteiger partial charge in [-0.2, -0.15) is 4.39 Å². The van der Waals surface area contributed by atoms with Gasteiger partial charge in [-0.05, 0) is 19.9 Å². The van der Waals surface area contributed by atoms with Crippen LogP contribution in [0.5, 0.6) is 0 Å². The van der Waals surface area contributed by atoms with E-state index in [4.69, 9.17) is 5.41 Å². The average molecular weight is 257 g/mol. The summed E-state index contributed by atoms with van der Waals surface area (Å²) in [5.41, 5.74) is -1.49. The number of rotatable bonds is 4. The van der Waals surface area contributed by atoms with Crippen LogP contribution in [-0.2, 0) is 0 Å². The van der Waals surface area contributed by atoms with E-state index in [1.165, 1.54) is 4.90 Å². The van der Waals surface area contributed by atoms with Gasteiger partial charge in [0.15, 0.2) is 0 Å². The zero-order valence-electron chi connectivity index (χ0n) is 10.0. The first-order valence-electron chi connectivity index (χ1n) is 5.40. The highest BCUT2D eigenvalue weighted by Crippen LogP contribution is 2.24. The van der Waals surface area contributed by atoms with Crippen LogP contribution in [0, 0.1) is 27.2 Å². The van der Waals surface area contributed by atoms with Crippen LogP contribution in [0.1, 0.15) is 19.4 Å². The summed E-state index contributed by atoms with van der Waals surface area (Å²) in [6.07, 6.45) is 0. The van der Waals surface area contributed by atoms with E-state index in [0.29, 0.717) is 13.1 Å². The highest BCUT2D eigenvalue weighted by molar-refractivity contribution is 5.97. The molecule has 0 saturated carbocycles. The average Bonchev–Trinajstić information content (AvgIpc) is 2.30. The molecule has 7 heteroatoms. The van der Waals surface area contributed by atoms with E-state index in [1.807, 2.05) is 0 Å². The molecule has 0 heterocycles. The Morgan fingerprint density at radius 3 is 2.39 bits per heavy atom. The number of hydrogen-bond acceptors (Lipinski definition) is 3. The minimum absolute atomic E-state index is 0.386. The maximum Gasteiger partial charge on any atom is 0.305 e. The van der Waals surface area contributed by atoms with E-state index < -0.39 is 33.6 Å². The molecule has 0 aliphatic rings. The van der Waals surface area contributed by atoms with Crippen molar-refractivity contribution in [2.75, 3.05) is 13.1 Å². The second kappa shape index (κ2) is 5.52. The number of nitro groups is 1. The third-order valence-corrected chi connectivity index (χ3v) is 2.58. The Morgan fingerprint density at radius 2 is 1.94 bits per heavy atom. The van der Waals surface area contributed by atoms with Gasteiger partial charge >= 0.3 is 5.69 Å². The molecule has 1 N–H and O–H groups in total. The van der Waals surface area contributed by atoms with Crippen molar-refractivity contribution < 1.29 is 13.7 Å². The Labute approximate surface area is 103 Å². The maximum atomic E-state index is 13.8. The first kappa shape index (κ1) is 14.0. The summed E-state index contributed by atoms with van der Waals surface area (Å²) >= 11 is 0. The van der Waals surface area contributed by atoms with Gasteiger partial charge in [0.2, 0.25) is 5.82 Å². The van der Waals surface area contributed by atoms with Crippen molar-refractivity contribution in [1.29, 1.82) is 5.41 Å². The maximum absolute atomic E-state index is 13.8. The fourth-order valence-corrected chi connectivity index (χ4v) is 1.60. The van der Waals surface area contributed by atoms with Gasteiger partial charge in [-0.25, -0.2) is 4.39 Å². The summed E-state index contributed by atoms with van der Waals surface area (Å²) in [6.45, 7) is 4.23. The molecule has 0 aromatic heterocycles. The lowest BCUT2D eigenvalue weighted by molar-refractivity contribution is -0.387. The smallest absolute Gasteiger partial charge is 0.305 e. The standard InChI is InChI=1S/C11H13F2N3O2/c1-3-15(4-2)11(14)9-7(12)5-6-8(10(9)13)16(17)18/h5-6,14H,3-4H2,1-2H3. The van der Waals surface area contributed by atoms with Gasteiger partial charge < -0.3 is 4.90 Å². The van der Waals surface area contributed by atoms with E-state index in [1.54, 1.807) is 13.8 Å².